The van der Waals surface area contributed by atoms with Crippen molar-refractivity contribution >= 4 is 5.91 Å². The second-order valence-electron chi connectivity index (χ2n) is 6.21. The number of benzene rings is 1. The summed E-state index contributed by atoms with van der Waals surface area (Å²) < 4.78 is 0. The molecule has 1 atom stereocenters. The molecule has 1 saturated carbocycles. The van der Waals surface area contributed by atoms with E-state index in [4.69, 9.17) is 5.73 Å². The van der Waals surface area contributed by atoms with E-state index in [1.165, 1.54) is 25.7 Å². The van der Waals surface area contributed by atoms with Gasteiger partial charge in [0.15, 0.2) is 0 Å². The zero-order valence-corrected chi connectivity index (χ0v) is 13.1. The lowest BCUT2D eigenvalue weighted by Gasteiger charge is -2.30. The van der Waals surface area contributed by atoms with E-state index in [-0.39, 0.29) is 11.8 Å². The second-order valence-corrected chi connectivity index (χ2v) is 6.21. The summed E-state index contributed by atoms with van der Waals surface area (Å²) in [5.74, 6) is 0.727. The highest BCUT2D eigenvalue weighted by atomic mass is 16.1. The van der Waals surface area contributed by atoms with Crippen molar-refractivity contribution in [1.82, 2.24) is 5.32 Å². The van der Waals surface area contributed by atoms with Crippen LogP contribution in [0.15, 0.2) is 30.3 Å². The van der Waals surface area contributed by atoms with Gasteiger partial charge in [-0.1, -0.05) is 50.1 Å². The Balaban J connectivity index is 1.86. The highest BCUT2D eigenvalue weighted by Gasteiger charge is 2.25. The minimum absolute atomic E-state index is 0.0858. The number of nitrogens with two attached hydrogens (primary N) is 1. The lowest BCUT2D eigenvalue weighted by molar-refractivity contribution is -0.123. The molecule has 1 aliphatic carbocycles. The van der Waals surface area contributed by atoms with E-state index in [1.807, 2.05) is 30.3 Å². The smallest absolute Gasteiger partial charge is 0.229 e. The van der Waals surface area contributed by atoms with E-state index < -0.39 is 0 Å². The van der Waals surface area contributed by atoms with Crippen molar-refractivity contribution < 1.29 is 4.79 Å². The molecular weight excluding hydrogens is 260 g/mol. The van der Waals surface area contributed by atoms with Crippen molar-refractivity contribution in [1.29, 1.82) is 0 Å². The van der Waals surface area contributed by atoms with Gasteiger partial charge in [-0.3, -0.25) is 4.79 Å². The molecular formula is C18H28N2O. The molecule has 1 fully saturated rings. The normalized spacial score (nSPS) is 23.5. The molecule has 1 amide bonds. The monoisotopic (exact) mass is 288 g/mol. The Morgan fingerprint density at radius 3 is 2.48 bits per heavy atom. The Labute approximate surface area is 128 Å². The Kier molecular flexibility index (Phi) is 6.24. The van der Waals surface area contributed by atoms with Crippen molar-refractivity contribution in [3.8, 4) is 0 Å². The van der Waals surface area contributed by atoms with E-state index in [9.17, 15) is 4.79 Å². The van der Waals surface area contributed by atoms with E-state index >= 15 is 0 Å². The molecule has 0 aromatic heterocycles. The van der Waals surface area contributed by atoms with Gasteiger partial charge in [-0.15, -0.1) is 0 Å². The Morgan fingerprint density at radius 1 is 1.24 bits per heavy atom. The first-order valence-corrected chi connectivity index (χ1v) is 8.30. The summed E-state index contributed by atoms with van der Waals surface area (Å²) in [5.41, 5.74) is 6.82. The Hall–Kier alpha value is -1.35. The van der Waals surface area contributed by atoms with Crippen LogP contribution >= 0.6 is 0 Å². The van der Waals surface area contributed by atoms with Gasteiger partial charge in [-0.2, -0.15) is 0 Å². The molecule has 0 heterocycles. The molecule has 21 heavy (non-hydrogen) atoms. The molecule has 1 aromatic carbocycles. The average molecular weight is 288 g/mol. The van der Waals surface area contributed by atoms with Crippen LogP contribution in [0.3, 0.4) is 0 Å². The maximum Gasteiger partial charge on any atom is 0.229 e. The van der Waals surface area contributed by atoms with Gasteiger partial charge in [0, 0.05) is 12.6 Å². The fraction of sp³-hybridized carbons (Fsp3) is 0.611. The maximum absolute atomic E-state index is 12.5. The van der Waals surface area contributed by atoms with Gasteiger partial charge < -0.3 is 11.1 Å². The van der Waals surface area contributed by atoms with E-state index in [0.29, 0.717) is 12.6 Å². The maximum atomic E-state index is 12.5. The molecule has 116 valence electrons. The van der Waals surface area contributed by atoms with Crippen LogP contribution in [0.4, 0.5) is 0 Å². The number of nitrogens with one attached hydrogen (secondary N) is 1. The van der Waals surface area contributed by atoms with Crippen molar-refractivity contribution in [2.45, 2.75) is 57.4 Å². The fourth-order valence-corrected chi connectivity index (χ4v) is 3.39. The molecule has 1 aliphatic rings. The van der Waals surface area contributed by atoms with Crippen LogP contribution in [0.2, 0.25) is 0 Å². The van der Waals surface area contributed by atoms with Gasteiger partial charge >= 0.3 is 0 Å². The quantitative estimate of drug-likeness (QED) is 0.844. The van der Waals surface area contributed by atoms with Crippen LogP contribution in [0.1, 0.15) is 56.9 Å². The third kappa shape index (κ3) is 4.57. The first kappa shape index (κ1) is 16.0. The van der Waals surface area contributed by atoms with Crippen LogP contribution in [-0.4, -0.2) is 18.5 Å². The van der Waals surface area contributed by atoms with E-state index in [0.717, 1.165) is 24.3 Å². The van der Waals surface area contributed by atoms with Crippen LogP contribution in [0.25, 0.3) is 0 Å². The van der Waals surface area contributed by atoms with Crippen LogP contribution < -0.4 is 11.1 Å². The number of rotatable bonds is 6. The van der Waals surface area contributed by atoms with Crippen LogP contribution in [-0.2, 0) is 4.79 Å². The standard InChI is InChI=1S/C18H28N2O/c1-2-6-14-9-11-16(12-10-14)20-18(21)17(13-19)15-7-4-3-5-8-15/h3-5,7-8,14,16-17H,2,6,9-13,19H2,1H3,(H,20,21). The Morgan fingerprint density at radius 2 is 1.90 bits per heavy atom. The topological polar surface area (TPSA) is 55.1 Å². The van der Waals surface area contributed by atoms with Crippen molar-refractivity contribution in [2.24, 2.45) is 11.7 Å². The molecule has 1 aromatic rings. The molecule has 3 nitrogen and oxygen atoms in total. The Bertz CT molecular complexity index is 424. The van der Waals surface area contributed by atoms with Crippen molar-refractivity contribution in [2.75, 3.05) is 6.54 Å². The molecule has 3 heteroatoms. The molecule has 3 N–H and O–H groups in total. The lowest BCUT2D eigenvalue weighted by atomic mass is 9.83. The number of hydrogen-bond acceptors (Lipinski definition) is 2. The average Bonchev–Trinajstić information content (AvgIpc) is 2.51. The highest BCUT2D eigenvalue weighted by molar-refractivity contribution is 5.84. The van der Waals surface area contributed by atoms with Gasteiger partial charge in [-0.05, 0) is 37.2 Å². The molecule has 0 aliphatic heterocycles. The molecule has 0 saturated heterocycles. The summed E-state index contributed by atoms with van der Waals surface area (Å²) >= 11 is 0. The van der Waals surface area contributed by atoms with Crippen LogP contribution in [0.5, 0.6) is 0 Å². The molecule has 1 unspecified atom stereocenters. The number of amides is 1. The summed E-state index contributed by atoms with van der Waals surface area (Å²) in [6, 6.07) is 10.2. The predicted molar refractivity (Wildman–Crippen MR) is 87.0 cm³/mol. The molecule has 0 radical (unpaired) electrons. The first-order chi connectivity index (χ1) is 10.2. The summed E-state index contributed by atoms with van der Waals surface area (Å²) in [7, 11) is 0. The summed E-state index contributed by atoms with van der Waals surface area (Å²) in [6.07, 6.45) is 7.32. The zero-order valence-electron chi connectivity index (χ0n) is 13.1. The SMILES string of the molecule is CCCC1CCC(NC(=O)C(CN)c2ccccc2)CC1. The minimum atomic E-state index is -0.223. The summed E-state index contributed by atoms with van der Waals surface area (Å²) in [5, 5.41) is 3.21. The highest BCUT2D eigenvalue weighted by Crippen LogP contribution is 2.28. The second kappa shape index (κ2) is 8.18. The number of hydrogen-bond donors (Lipinski definition) is 2. The third-order valence-electron chi connectivity index (χ3n) is 4.64. The zero-order chi connectivity index (χ0) is 15.1. The van der Waals surface area contributed by atoms with Crippen LogP contribution in [0, 0.1) is 5.92 Å². The molecule has 2 rings (SSSR count). The van der Waals surface area contributed by atoms with Crippen molar-refractivity contribution in [3.63, 3.8) is 0 Å². The summed E-state index contributed by atoms with van der Waals surface area (Å²) in [6.45, 7) is 2.61. The lowest BCUT2D eigenvalue weighted by Crippen LogP contribution is -2.42. The third-order valence-corrected chi connectivity index (χ3v) is 4.64. The largest absolute Gasteiger partial charge is 0.353 e. The van der Waals surface area contributed by atoms with Gasteiger partial charge in [0.05, 0.1) is 5.92 Å². The van der Waals surface area contributed by atoms with Gasteiger partial charge in [0.2, 0.25) is 5.91 Å². The van der Waals surface area contributed by atoms with Gasteiger partial charge in [0.25, 0.3) is 0 Å². The number of carbonyl (C=O) groups excluding carboxylic acids is 1. The van der Waals surface area contributed by atoms with E-state index in [2.05, 4.69) is 12.2 Å². The molecule has 0 bridgehead atoms. The summed E-state index contributed by atoms with van der Waals surface area (Å²) in [4.78, 5) is 12.5. The van der Waals surface area contributed by atoms with Crippen molar-refractivity contribution in [3.05, 3.63) is 35.9 Å². The van der Waals surface area contributed by atoms with E-state index in [1.54, 1.807) is 0 Å². The fourth-order valence-electron chi connectivity index (χ4n) is 3.39. The predicted octanol–water partition coefficient (Wildman–Crippen LogP) is 3.20. The first-order valence-electron chi connectivity index (χ1n) is 8.30. The van der Waals surface area contributed by atoms with Gasteiger partial charge in [0.1, 0.15) is 0 Å². The van der Waals surface area contributed by atoms with Gasteiger partial charge in [-0.25, -0.2) is 0 Å². The minimum Gasteiger partial charge on any atom is -0.353 e. The number of carbonyl (C=O) groups is 1. The molecule has 0 spiro atoms.